The lowest BCUT2D eigenvalue weighted by molar-refractivity contribution is 0.298. The lowest BCUT2D eigenvalue weighted by Crippen LogP contribution is -2.45. The van der Waals surface area contributed by atoms with Gasteiger partial charge in [0.1, 0.15) is 0 Å². The first-order chi connectivity index (χ1) is 18.8. The monoisotopic (exact) mass is 503 g/mol. The Balaban J connectivity index is 1.59. The van der Waals surface area contributed by atoms with E-state index < -0.39 is 0 Å². The van der Waals surface area contributed by atoms with Gasteiger partial charge in [0.15, 0.2) is 0 Å². The second kappa shape index (κ2) is 7.30. The molecule has 0 radical (unpaired) electrons. The Morgan fingerprint density at radius 2 is 1.03 bits per heavy atom. The van der Waals surface area contributed by atoms with E-state index in [9.17, 15) is 0 Å². The summed E-state index contributed by atoms with van der Waals surface area (Å²) in [7, 11) is 0. The molecule has 1 heterocycles. The van der Waals surface area contributed by atoms with Gasteiger partial charge in [0.05, 0.1) is 11.4 Å². The molecular formula is C38H33N. The Kier molecular flexibility index (Phi) is 4.28. The van der Waals surface area contributed by atoms with Crippen LogP contribution in [-0.4, -0.2) is 0 Å². The molecule has 0 saturated heterocycles. The van der Waals surface area contributed by atoms with Crippen LogP contribution >= 0.6 is 0 Å². The van der Waals surface area contributed by atoms with Crippen LogP contribution in [0.1, 0.15) is 62.4 Å². The number of hydrogen-bond donors (Lipinski definition) is 0. The molecule has 1 heteroatoms. The van der Waals surface area contributed by atoms with Gasteiger partial charge in [0.2, 0.25) is 0 Å². The average molecular weight is 504 g/mol. The van der Waals surface area contributed by atoms with Crippen LogP contribution in [-0.2, 0) is 16.2 Å². The zero-order chi connectivity index (χ0) is 26.7. The summed E-state index contributed by atoms with van der Waals surface area (Å²) >= 11 is 0. The van der Waals surface area contributed by atoms with Gasteiger partial charge in [0.25, 0.3) is 0 Å². The van der Waals surface area contributed by atoms with Crippen molar-refractivity contribution >= 4 is 17.1 Å². The fourth-order valence-corrected chi connectivity index (χ4v) is 8.01. The predicted molar refractivity (Wildman–Crippen MR) is 164 cm³/mol. The number of fused-ring (bicyclic) bond motifs is 9. The second-order valence-electron chi connectivity index (χ2n) is 12.7. The van der Waals surface area contributed by atoms with Crippen LogP contribution < -0.4 is 4.90 Å². The Hall–Kier alpha value is -4.10. The van der Waals surface area contributed by atoms with Gasteiger partial charge >= 0.3 is 0 Å². The molecule has 3 aliphatic rings. The van der Waals surface area contributed by atoms with Crippen molar-refractivity contribution in [1.29, 1.82) is 0 Å². The Morgan fingerprint density at radius 3 is 1.79 bits per heavy atom. The summed E-state index contributed by atoms with van der Waals surface area (Å²) < 4.78 is 0. The summed E-state index contributed by atoms with van der Waals surface area (Å²) in [6.07, 6.45) is 0. The molecule has 0 N–H and O–H groups in total. The minimum absolute atomic E-state index is 0.00380. The van der Waals surface area contributed by atoms with Gasteiger partial charge in [-0.2, -0.15) is 0 Å². The second-order valence-corrected chi connectivity index (χ2v) is 12.7. The van der Waals surface area contributed by atoms with Crippen molar-refractivity contribution in [3.05, 3.63) is 137 Å². The molecule has 0 saturated carbocycles. The fraction of sp³-hybridized carbons (Fsp3) is 0.211. The molecular weight excluding hydrogens is 470 g/mol. The van der Waals surface area contributed by atoms with Crippen LogP contribution in [0, 0.1) is 0 Å². The first-order valence-electron chi connectivity index (χ1n) is 14.1. The molecule has 0 aromatic heterocycles. The highest BCUT2D eigenvalue weighted by molar-refractivity contribution is 6.01. The van der Waals surface area contributed by atoms with Gasteiger partial charge in [-0.15, -0.1) is 0 Å². The van der Waals surface area contributed by atoms with Crippen LogP contribution in [0.2, 0.25) is 0 Å². The van der Waals surface area contributed by atoms with E-state index in [0.29, 0.717) is 0 Å². The van der Waals surface area contributed by atoms with Crippen LogP contribution in [0.4, 0.5) is 17.1 Å². The topological polar surface area (TPSA) is 3.24 Å². The summed E-state index contributed by atoms with van der Waals surface area (Å²) in [6, 6.07) is 40.9. The first kappa shape index (κ1) is 22.8. The molecule has 0 bridgehead atoms. The van der Waals surface area contributed by atoms with E-state index in [1.54, 1.807) is 0 Å². The van der Waals surface area contributed by atoms with E-state index in [2.05, 4.69) is 149 Å². The summed E-state index contributed by atoms with van der Waals surface area (Å²) in [5.41, 5.74) is 16.2. The van der Waals surface area contributed by atoms with E-state index in [1.165, 1.54) is 67.1 Å². The molecule has 1 atom stereocenters. The number of anilines is 3. The van der Waals surface area contributed by atoms with Crippen molar-refractivity contribution in [2.75, 3.05) is 4.90 Å². The Morgan fingerprint density at radius 1 is 0.436 bits per heavy atom. The van der Waals surface area contributed by atoms with E-state index >= 15 is 0 Å². The van der Waals surface area contributed by atoms with Crippen LogP contribution in [0.15, 0.2) is 109 Å². The summed E-state index contributed by atoms with van der Waals surface area (Å²) in [4.78, 5) is 2.51. The SMILES string of the molecule is CC12c3ccccc3-c3cccc(c31)N(c1ccccc1)c1ccc3c(c12)-c1ccccc1C(C)(C)C3(C)C. The highest BCUT2D eigenvalue weighted by atomic mass is 15.2. The highest BCUT2D eigenvalue weighted by Crippen LogP contribution is 2.66. The van der Waals surface area contributed by atoms with Crippen molar-refractivity contribution in [2.45, 2.75) is 50.9 Å². The molecule has 5 aromatic carbocycles. The van der Waals surface area contributed by atoms with Crippen molar-refractivity contribution in [3.8, 4) is 22.3 Å². The molecule has 1 nitrogen and oxygen atoms in total. The van der Waals surface area contributed by atoms with Gasteiger partial charge in [-0.3, -0.25) is 0 Å². The van der Waals surface area contributed by atoms with Crippen LogP contribution in [0.5, 0.6) is 0 Å². The van der Waals surface area contributed by atoms with Crippen molar-refractivity contribution < 1.29 is 0 Å². The molecule has 5 aromatic rings. The predicted octanol–water partition coefficient (Wildman–Crippen LogP) is 10.0. The Bertz CT molecular complexity index is 1820. The quantitative estimate of drug-likeness (QED) is 0.220. The van der Waals surface area contributed by atoms with Crippen LogP contribution in [0.25, 0.3) is 22.3 Å². The molecule has 39 heavy (non-hydrogen) atoms. The number of nitrogens with zero attached hydrogens (tertiary/aromatic N) is 1. The van der Waals surface area contributed by atoms with Gasteiger partial charge in [-0.1, -0.05) is 113 Å². The molecule has 2 aliphatic carbocycles. The molecule has 8 rings (SSSR count). The minimum Gasteiger partial charge on any atom is -0.310 e. The maximum absolute atomic E-state index is 2.51. The molecule has 0 fully saturated rings. The molecule has 0 spiro atoms. The third-order valence-electron chi connectivity index (χ3n) is 10.6. The van der Waals surface area contributed by atoms with Crippen LogP contribution in [0.3, 0.4) is 0 Å². The largest absolute Gasteiger partial charge is 0.310 e. The fourth-order valence-electron chi connectivity index (χ4n) is 8.01. The third-order valence-corrected chi connectivity index (χ3v) is 10.6. The standard InChI is InChI=1S/C38H33N/c1-36(2)28-19-11-10-17-27(28)33-30(37(36,3)4)22-23-32-35(33)38(5)29-20-12-9-16-25(29)26-18-13-21-31(34(26)38)39(32)24-14-7-6-8-15-24/h6-23H,1-5H3. The van der Waals surface area contributed by atoms with E-state index in [0.717, 1.165) is 0 Å². The number of rotatable bonds is 1. The molecule has 1 unspecified atom stereocenters. The maximum atomic E-state index is 2.51. The third kappa shape index (κ3) is 2.57. The lowest BCUT2D eigenvalue weighted by Gasteiger charge is -2.51. The van der Waals surface area contributed by atoms with E-state index in [1.807, 2.05) is 0 Å². The maximum Gasteiger partial charge on any atom is 0.0512 e. The lowest BCUT2D eigenvalue weighted by atomic mass is 9.53. The zero-order valence-electron chi connectivity index (χ0n) is 23.3. The number of hydrogen-bond acceptors (Lipinski definition) is 1. The van der Waals surface area contributed by atoms with Gasteiger partial charge in [-0.05, 0) is 92.1 Å². The zero-order valence-corrected chi connectivity index (χ0v) is 23.3. The highest BCUT2D eigenvalue weighted by Gasteiger charge is 2.53. The first-order valence-corrected chi connectivity index (χ1v) is 14.1. The van der Waals surface area contributed by atoms with Gasteiger partial charge in [-0.25, -0.2) is 0 Å². The van der Waals surface area contributed by atoms with Gasteiger partial charge in [0, 0.05) is 11.1 Å². The number of para-hydroxylation sites is 1. The van der Waals surface area contributed by atoms with Crippen molar-refractivity contribution in [2.24, 2.45) is 0 Å². The average Bonchev–Trinajstić information content (AvgIpc) is 3.22. The van der Waals surface area contributed by atoms with Crippen molar-refractivity contribution in [1.82, 2.24) is 0 Å². The van der Waals surface area contributed by atoms with E-state index in [-0.39, 0.29) is 16.2 Å². The summed E-state index contributed by atoms with van der Waals surface area (Å²) in [5.74, 6) is 0. The molecule has 1 aliphatic heterocycles. The normalized spacial score (nSPS) is 20.4. The Labute approximate surface area is 231 Å². The molecule has 0 amide bonds. The molecule has 190 valence electrons. The summed E-state index contributed by atoms with van der Waals surface area (Å²) in [5, 5.41) is 0. The summed E-state index contributed by atoms with van der Waals surface area (Å²) in [6.45, 7) is 12.2. The van der Waals surface area contributed by atoms with E-state index in [4.69, 9.17) is 0 Å². The smallest absolute Gasteiger partial charge is 0.0512 e. The number of benzene rings is 5. The van der Waals surface area contributed by atoms with Crippen molar-refractivity contribution in [3.63, 3.8) is 0 Å². The minimum atomic E-state index is -0.265. The van der Waals surface area contributed by atoms with Gasteiger partial charge < -0.3 is 4.90 Å².